The number of hydrogen-bond donors (Lipinski definition) is 1. The van der Waals surface area contributed by atoms with Gasteiger partial charge in [-0.3, -0.25) is 0 Å². The second kappa shape index (κ2) is 7.75. The summed E-state index contributed by atoms with van der Waals surface area (Å²) in [6, 6.07) is 0. The van der Waals surface area contributed by atoms with Crippen LogP contribution in [0.1, 0.15) is 26.7 Å². The summed E-state index contributed by atoms with van der Waals surface area (Å²) in [6.45, 7) is 3.59. The molecule has 0 bridgehead atoms. The molecule has 0 radical (unpaired) electrons. The molecule has 1 aliphatic rings. The number of ether oxygens (including phenoxy) is 1. The summed E-state index contributed by atoms with van der Waals surface area (Å²) >= 11 is 0. The second-order valence-corrected chi connectivity index (χ2v) is 7.44. The maximum absolute atomic E-state index is 12.1. The van der Waals surface area contributed by atoms with Crippen molar-refractivity contribution in [3.05, 3.63) is 0 Å². The van der Waals surface area contributed by atoms with Crippen LogP contribution in [-0.2, 0) is 14.9 Å². The zero-order chi connectivity index (χ0) is 16.1. The highest BCUT2D eigenvalue weighted by Gasteiger charge is 2.30. The Hall–Kier alpha value is -0.380. The molecular weight excluding hydrogens is 309 g/mol. The molecule has 1 saturated heterocycles. The van der Waals surface area contributed by atoms with Gasteiger partial charge >= 0.3 is 6.18 Å². The number of halogens is 3. The standard InChI is InChI=1S/C12H23F3N2O3S/c1-10-6-11(2)8-17(7-10)21(18,19)16-4-3-5-20-9-12(13,14)15/h10-11,16H,3-9H2,1-2H3. The summed E-state index contributed by atoms with van der Waals surface area (Å²) in [5, 5.41) is 0. The van der Waals surface area contributed by atoms with Gasteiger partial charge in [0, 0.05) is 26.2 Å². The van der Waals surface area contributed by atoms with Gasteiger partial charge in [0.1, 0.15) is 6.61 Å². The molecule has 2 unspecified atom stereocenters. The lowest BCUT2D eigenvalue weighted by molar-refractivity contribution is -0.173. The third kappa shape index (κ3) is 7.44. The predicted octanol–water partition coefficient (Wildman–Crippen LogP) is 1.77. The van der Waals surface area contributed by atoms with Crippen LogP contribution in [0.15, 0.2) is 0 Å². The molecule has 0 aliphatic carbocycles. The van der Waals surface area contributed by atoms with E-state index in [2.05, 4.69) is 9.46 Å². The molecule has 126 valence electrons. The number of nitrogens with zero attached hydrogens (tertiary/aromatic N) is 1. The van der Waals surface area contributed by atoms with Gasteiger partial charge in [0.25, 0.3) is 10.2 Å². The number of alkyl halides is 3. The van der Waals surface area contributed by atoms with Crippen molar-refractivity contribution in [3.63, 3.8) is 0 Å². The molecule has 0 aromatic carbocycles. The fraction of sp³-hybridized carbons (Fsp3) is 1.00. The fourth-order valence-electron chi connectivity index (χ4n) is 2.46. The molecule has 0 amide bonds. The normalized spacial score (nSPS) is 25.2. The van der Waals surface area contributed by atoms with Crippen LogP contribution in [0.3, 0.4) is 0 Å². The van der Waals surface area contributed by atoms with Gasteiger partial charge in [-0.1, -0.05) is 13.8 Å². The van der Waals surface area contributed by atoms with Crippen molar-refractivity contribution in [2.75, 3.05) is 32.8 Å². The highest BCUT2D eigenvalue weighted by Crippen LogP contribution is 2.22. The van der Waals surface area contributed by atoms with E-state index in [-0.39, 0.29) is 19.6 Å². The van der Waals surface area contributed by atoms with Gasteiger partial charge in [0.05, 0.1) is 0 Å². The van der Waals surface area contributed by atoms with E-state index in [0.717, 1.165) is 6.42 Å². The summed E-state index contributed by atoms with van der Waals surface area (Å²) in [4.78, 5) is 0. The first-order chi connectivity index (χ1) is 9.60. The highest BCUT2D eigenvalue weighted by atomic mass is 32.2. The lowest BCUT2D eigenvalue weighted by Gasteiger charge is -2.33. The predicted molar refractivity (Wildman–Crippen MR) is 72.9 cm³/mol. The summed E-state index contributed by atoms with van der Waals surface area (Å²) in [6.07, 6.45) is -3.15. The average molecular weight is 332 g/mol. The summed E-state index contributed by atoms with van der Waals surface area (Å²) < 4.78 is 67.8. The Labute approximate surface area is 124 Å². The molecule has 1 heterocycles. The van der Waals surface area contributed by atoms with Gasteiger partial charge in [-0.15, -0.1) is 0 Å². The Bertz CT molecular complexity index is 404. The molecule has 0 spiro atoms. The topological polar surface area (TPSA) is 58.6 Å². The van der Waals surface area contributed by atoms with E-state index >= 15 is 0 Å². The van der Waals surface area contributed by atoms with Crippen LogP contribution >= 0.6 is 0 Å². The molecule has 2 atom stereocenters. The first kappa shape index (κ1) is 18.7. The zero-order valence-corrected chi connectivity index (χ0v) is 13.1. The van der Waals surface area contributed by atoms with E-state index in [1.807, 2.05) is 13.8 Å². The molecule has 0 aromatic heterocycles. The number of hydrogen-bond acceptors (Lipinski definition) is 3. The van der Waals surface area contributed by atoms with Crippen LogP contribution < -0.4 is 4.72 Å². The van der Waals surface area contributed by atoms with Crippen molar-refractivity contribution in [2.24, 2.45) is 11.8 Å². The van der Waals surface area contributed by atoms with Crippen LogP contribution in [0.2, 0.25) is 0 Å². The Kier molecular flexibility index (Phi) is 6.89. The first-order valence-electron chi connectivity index (χ1n) is 6.99. The van der Waals surface area contributed by atoms with Gasteiger partial charge in [-0.2, -0.15) is 25.9 Å². The van der Waals surface area contributed by atoms with E-state index < -0.39 is 23.0 Å². The molecule has 9 heteroatoms. The van der Waals surface area contributed by atoms with Gasteiger partial charge in [-0.25, -0.2) is 4.72 Å². The Morgan fingerprint density at radius 2 is 1.81 bits per heavy atom. The summed E-state index contributed by atoms with van der Waals surface area (Å²) in [5.41, 5.74) is 0. The maximum atomic E-state index is 12.1. The van der Waals surface area contributed by atoms with E-state index in [1.165, 1.54) is 4.31 Å². The van der Waals surface area contributed by atoms with E-state index in [0.29, 0.717) is 24.9 Å². The van der Waals surface area contributed by atoms with Crippen LogP contribution in [0.5, 0.6) is 0 Å². The molecule has 0 aromatic rings. The van der Waals surface area contributed by atoms with Crippen molar-refractivity contribution < 1.29 is 26.3 Å². The van der Waals surface area contributed by atoms with Gasteiger partial charge in [0.15, 0.2) is 0 Å². The third-order valence-corrected chi connectivity index (χ3v) is 4.74. The number of nitrogens with one attached hydrogen (secondary N) is 1. The molecule has 5 nitrogen and oxygen atoms in total. The monoisotopic (exact) mass is 332 g/mol. The van der Waals surface area contributed by atoms with E-state index in [1.54, 1.807) is 0 Å². The molecular formula is C12H23F3N2O3S. The Balaban J connectivity index is 2.27. The van der Waals surface area contributed by atoms with Crippen LogP contribution in [0.4, 0.5) is 13.2 Å². The highest BCUT2D eigenvalue weighted by molar-refractivity contribution is 7.87. The molecule has 1 aliphatic heterocycles. The molecule has 1 N–H and O–H groups in total. The average Bonchev–Trinajstić information content (AvgIpc) is 2.31. The van der Waals surface area contributed by atoms with Gasteiger partial charge in [0.2, 0.25) is 0 Å². The van der Waals surface area contributed by atoms with Crippen molar-refractivity contribution in [2.45, 2.75) is 32.9 Å². The Morgan fingerprint density at radius 1 is 1.24 bits per heavy atom. The van der Waals surface area contributed by atoms with Crippen LogP contribution in [0.25, 0.3) is 0 Å². The van der Waals surface area contributed by atoms with E-state index in [4.69, 9.17) is 0 Å². The van der Waals surface area contributed by atoms with Crippen molar-refractivity contribution in [1.29, 1.82) is 0 Å². The minimum Gasteiger partial charge on any atom is -0.372 e. The van der Waals surface area contributed by atoms with Crippen LogP contribution in [-0.4, -0.2) is 51.7 Å². The lowest BCUT2D eigenvalue weighted by Crippen LogP contribution is -2.48. The van der Waals surface area contributed by atoms with Gasteiger partial charge < -0.3 is 4.74 Å². The lowest BCUT2D eigenvalue weighted by atomic mass is 9.94. The fourth-order valence-corrected chi connectivity index (χ4v) is 3.94. The molecule has 0 saturated carbocycles. The second-order valence-electron chi connectivity index (χ2n) is 5.68. The maximum Gasteiger partial charge on any atom is 0.411 e. The minimum absolute atomic E-state index is 0.0689. The largest absolute Gasteiger partial charge is 0.411 e. The molecule has 1 rings (SSSR count). The first-order valence-corrected chi connectivity index (χ1v) is 8.43. The summed E-state index contributed by atoms with van der Waals surface area (Å²) in [7, 11) is -3.56. The van der Waals surface area contributed by atoms with Crippen molar-refractivity contribution in [3.8, 4) is 0 Å². The van der Waals surface area contributed by atoms with Crippen molar-refractivity contribution >= 4 is 10.2 Å². The number of rotatable bonds is 7. The zero-order valence-electron chi connectivity index (χ0n) is 12.3. The SMILES string of the molecule is CC1CC(C)CN(S(=O)(=O)NCCCOCC(F)(F)F)C1. The van der Waals surface area contributed by atoms with E-state index in [9.17, 15) is 21.6 Å². The molecule has 1 fully saturated rings. The smallest absolute Gasteiger partial charge is 0.372 e. The Morgan fingerprint density at radius 3 is 2.33 bits per heavy atom. The third-order valence-electron chi connectivity index (χ3n) is 3.19. The van der Waals surface area contributed by atoms with Gasteiger partial charge in [-0.05, 0) is 24.7 Å². The van der Waals surface area contributed by atoms with Crippen molar-refractivity contribution in [1.82, 2.24) is 9.03 Å². The van der Waals surface area contributed by atoms with Crippen LogP contribution in [0, 0.1) is 11.8 Å². The summed E-state index contributed by atoms with van der Waals surface area (Å²) in [5.74, 6) is 0.612. The minimum atomic E-state index is -4.35. The number of piperidine rings is 1. The molecule has 21 heavy (non-hydrogen) atoms. The quantitative estimate of drug-likeness (QED) is 0.723.